The van der Waals surface area contributed by atoms with E-state index in [0.29, 0.717) is 16.2 Å². The lowest BCUT2D eigenvalue weighted by atomic mass is 9.87. The van der Waals surface area contributed by atoms with Gasteiger partial charge in [0.2, 0.25) is 0 Å². The van der Waals surface area contributed by atoms with E-state index in [0.717, 1.165) is 4.47 Å². The zero-order valence-electron chi connectivity index (χ0n) is 16.7. The van der Waals surface area contributed by atoms with Crippen molar-refractivity contribution in [2.75, 3.05) is 18.4 Å². The quantitative estimate of drug-likeness (QED) is 0.474. The molecule has 0 aliphatic carbocycles. The van der Waals surface area contributed by atoms with E-state index in [-0.39, 0.29) is 42.3 Å². The first-order valence-corrected chi connectivity index (χ1v) is 10.4. The van der Waals surface area contributed by atoms with Crippen molar-refractivity contribution in [3.05, 3.63) is 51.5 Å². The van der Waals surface area contributed by atoms with E-state index in [4.69, 9.17) is 17.3 Å². The molecule has 4 N–H and O–H groups in total. The highest BCUT2D eigenvalue weighted by Gasteiger charge is 2.47. The van der Waals surface area contributed by atoms with Crippen LogP contribution in [0, 0.1) is 5.82 Å². The number of likely N-dealkylation sites (tertiary alicyclic amines) is 1. The summed E-state index contributed by atoms with van der Waals surface area (Å²) in [6.07, 6.45) is 1.48. The number of amides is 1. The van der Waals surface area contributed by atoms with Crippen LogP contribution in [0.5, 0.6) is 0 Å². The van der Waals surface area contributed by atoms with Crippen LogP contribution >= 0.6 is 39.9 Å². The van der Waals surface area contributed by atoms with Crippen molar-refractivity contribution in [2.45, 2.75) is 18.6 Å². The Morgan fingerprint density at radius 3 is 2.71 bits per heavy atom. The summed E-state index contributed by atoms with van der Waals surface area (Å²) in [5, 5.41) is 13.7. The van der Waals surface area contributed by atoms with Gasteiger partial charge in [-0.05, 0) is 31.2 Å². The maximum atomic E-state index is 15.4. The average molecular weight is 533 g/mol. The summed E-state index contributed by atoms with van der Waals surface area (Å²) >= 11 is 9.62. The summed E-state index contributed by atoms with van der Waals surface area (Å²) in [7, 11) is 1.72. The van der Waals surface area contributed by atoms with Gasteiger partial charge in [-0.3, -0.25) is 4.79 Å². The Bertz CT molecular complexity index is 1160. The third-order valence-electron chi connectivity index (χ3n) is 5.45. The van der Waals surface area contributed by atoms with Gasteiger partial charge in [0.15, 0.2) is 5.82 Å². The molecule has 1 fully saturated rings. The van der Waals surface area contributed by atoms with Crippen molar-refractivity contribution in [2.24, 2.45) is 12.8 Å². The number of aromatic nitrogens is 2. The lowest BCUT2D eigenvalue weighted by molar-refractivity contribution is -0.0931. The molecule has 2 aromatic carbocycles. The van der Waals surface area contributed by atoms with Gasteiger partial charge in [-0.25, -0.2) is 9.37 Å². The molecule has 1 aliphatic rings. The monoisotopic (exact) mass is 531 g/mol. The van der Waals surface area contributed by atoms with Crippen LogP contribution < -0.4 is 11.1 Å². The Balaban J connectivity index is 0.00000272. The minimum Gasteiger partial charge on any atom is -0.385 e. The molecule has 1 aromatic heterocycles. The summed E-state index contributed by atoms with van der Waals surface area (Å²) in [6, 6.07) is 6.20. The number of imidazole rings is 1. The van der Waals surface area contributed by atoms with Crippen molar-refractivity contribution in [3.8, 4) is 0 Å². The number of benzene rings is 2. The molecule has 1 amide bonds. The van der Waals surface area contributed by atoms with Crippen LogP contribution in [0.1, 0.15) is 17.3 Å². The number of nitrogens with zero attached hydrogens (tertiary/aromatic N) is 3. The molecule has 0 saturated carbocycles. The van der Waals surface area contributed by atoms with E-state index < -0.39 is 23.4 Å². The number of carbonyl (C=O) groups excluding carboxylic acids is 1. The van der Waals surface area contributed by atoms with Gasteiger partial charge in [0.1, 0.15) is 11.1 Å². The lowest BCUT2D eigenvalue weighted by Crippen LogP contribution is -2.70. The second-order valence-electron chi connectivity index (χ2n) is 7.64. The van der Waals surface area contributed by atoms with Gasteiger partial charge in [0.05, 0.1) is 46.9 Å². The van der Waals surface area contributed by atoms with Gasteiger partial charge in [-0.1, -0.05) is 27.5 Å². The fraction of sp³-hybridized carbons (Fsp3) is 0.300. The molecule has 1 saturated heterocycles. The normalized spacial score (nSPS) is 15.9. The van der Waals surface area contributed by atoms with E-state index in [1.807, 2.05) is 0 Å². The van der Waals surface area contributed by atoms with Gasteiger partial charge < -0.3 is 25.6 Å². The minimum atomic E-state index is -1.15. The predicted octanol–water partition coefficient (Wildman–Crippen LogP) is 3.83. The number of nitrogens with one attached hydrogen (secondary N) is 1. The first kappa shape index (κ1) is 23.7. The molecule has 1 aliphatic heterocycles. The molecule has 1 atom stereocenters. The average Bonchev–Trinajstić information content (AvgIpc) is 3.03. The first-order chi connectivity index (χ1) is 14.1. The standard InChI is InChI=1S/C20H20BrClFN5O2.ClH/c1-10(24)20(30)7-28(8-20)19(29)12-6-15-18(25-9-27(15)2)16(23)17(12)26-14-4-3-11(21)5-13(14)22;/h3-6,9-10,26,30H,7-8,24H2,1-2H3;1H/t10-;/m0./s1. The molecule has 0 bridgehead atoms. The van der Waals surface area contributed by atoms with Crippen LogP contribution in [-0.2, 0) is 7.05 Å². The molecule has 2 heterocycles. The molecule has 11 heteroatoms. The van der Waals surface area contributed by atoms with E-state index in [2.05, 4.69) is 26.2 Å². The van der Waals surface area contributed by atoms with E-state index in [1.165, 1.54) is 11.2 Å². The molecule has 4 rings (SSSR count). The second-order valence-corrected chi connectivity index (χ2v) is 8.96. The summed E-state index contributed by atoms with van der Waals surface area (Å²) < 4.78 is 17.8. The third-order valence-corrected chi connectivity index (χ3v) is 6.25. The Morgan fingerprint density at radius 1 is 1.42 bits per heavy atom. The number of β-amino-alcohol motifs (C(OH)–C–C–N with tert-alkyl or cyclic N) is 1. The highest BCUT2D eigenvalue weighted by molar-refractivity contribution is 9.10. The molecular weight excluding hydrogens is 512 g/mol. The Morgan fingerprint density at radius 2 is 2.10 bits per heavy atom. The first-order valence-electron chi connectivity index (χ1n) is 9.23. The number of hydrogen-bond donors (Lipinski definition) is 3. The molecule has 0 radical (unpaired) electrons. The van der Waals surface area contributed by atoms with Gasteiger partial charge >= 0.3 is 0 Å². The maximum absolute atomic E-state index is 15.4. The lowest BCUT2D eigenvalue weighted by Gasteiger charge is -2.48. The molecule has 3 aromatic rings. The Hall–Kier alpha value is -1.91. The van der Waals surface area contributed by atoms with Gasteiger partial charge in [-0.15, -0.1) is 12.4 Å². The summed E-state index contributed by atoms with van der Waals surface area (Å²) in [5.74, 6) is -1.07. The number of nitrogens with two attached hydrogens (primary N) is 1. The van der Waals surface area contributed by atoms with Crippen LogP contribution in [0.15, 0.2) is 35.1 Å². The number of rotatable bonds is 4. The number of aryl methyl sites for hydroxylation is 1. The summed E-state index contributed by atoms with van der Waals surface area (Å²) in [6.45, 7) is 1.84. The number of carbonyl (C=O) groups is 1. The van der Waals surface area contributed by atoms with Crippen molar-refractivity contribution < 1.29 is 14.3 Å². The molecule has 7 nitrogen and oxygen atoms in total. The topological polar surface area (TPSA) is 96.4 Å². The van der Waals surface area contributed by atoms with Crippen molar-refractivity contribution in [3.63, 3.8) is 0 Å². The number of aliphatic hydroxyl groups is 1. The minimum absolute atomic E-state index is 0. The van der Waals surface area contributed by atoms with Crippen LogP contribution in [0.3, 0.4) is 0 Å². The van der Waals surface area contributed by atoms with Crippen LogP contribution in [-0.4, -0.2) is 50.2 Å². The van der Waals surface area contributed by atoms with Gasteiger partial charge in [-0.2, -0.15) is 0 Å². The molecule has 0 spiro atoms. The van der Waals surface area contributed by atoms with E-state index in [1.54, 1.807) is 42.8 Å². The molecule has 31 heavy (non-hydrogen) atoms. The zero-order valence-corrected chi connectivity index (χ0v) is 19.9. The molecule has 0 unspecified atom stereocenters. The number of hydrogen-bond acceptors (Lipinski definition) is 5. The van der Waals surface area contributed by atoms with Crippen LogP contribution in [0.4, 0.5) is 15.8 Å². The zero-order chi connectivity index (χ0) is 21.8. The van der Waals surface area contributed by atoms with Crippen LogP contribution in [0.2, 0.25) is 5.02 Å². The predicted molar refractivity (Wildman–Crippen MR) is 125 cm³/mol. The SMILES string of the molecule is C[C@H](N)C1(O)CN(C(=O)c2cc3c(ncn3C)c(F)c2Nc2ccc(Br)cc2Cl)C1.Cl. The summed E-state index contributed by atoms with van der Waals surface area (Å²) in [5.41, 5.74) is 5.82. The van der Waals surface area contributed by atoms with E-state index in [9.17, 15) is 9.90 Å². The van der Waals surface area contributed by atoms with Crippen molar-refractivity contribution in [1.82, 2.24) is 14.5 Å². The van der Waals surface area contributed by atoms with Crippen LogP contribution in [0.25, 0.3) is 11.0 Å². The second kappa shape index (κ2) is 8.55. The van der Waals surface area contributed by atoms with Gasteiger partial charge in [0, 0.05) is 17.6 Å². The fourth-order valence-electron chi connectivity index (χ4n) is 3.46. The largest absolute Gasteiger partial charge is 0.385 e. The smallest absolute Gasteiger partial charge is 0.256 e. The maximum Gasteiger partial charge on any atom is 0.256 e. The fourth-order valence-corrected chi connectivity index (χ4v) is 4.18. The Labute approximate surface area is 197 Å². The number of halogens is 4. The van der Waals surface area contributed by atoms with Crippen molar-refractivity contribution in [1.29, 1.82) is 0 Å². The highest BCUT2D eigenvalue weighted by Crippen LogP contribution is 2.36. The number of anilines is 2. The third kappa shape index (κ3) is 4.12. The Kier molecular flexibility index (Phi) is 6.55. The molecular formula is C20H21BrCl2FN5O2. The van der Waals surface area contributed by atoms with Gasteiger partial charge in [0.25, 0.3) is 5.91 Å². The van der Waals surface area contributed by atoms with E-state index >= 15 is 4.39 Å². The molecule has 166 valence electrons. The summed E-state index contributed by atoms with van der Waals surface area (Å²) in [4.78, 5) is 18.8. The van der Waals surface area contributed by atoms with Crippen molar-refractivity contribution >= 4 is 68.3 Å². The number of fused-ring (bicyclic) bond motifs is 1. The highest BCUT2D eigenvalue weighted by atomic mass is 79.9.